The van der Waals surface area contributed by atoms with Crippen LogP contribution in [0.25, 0.3) is 105 Å². The molecule has 0 fully saturated rings. The lowest BCUT2D eigenvalue weighted by molar-refractivity contribution is 0.415. The molecule has 0 saturated carbocycles. The molecular formula is C45H29N3O3. The maximum Gasteiger partial charge on any atom is 0.236 e. The van der Waals surface area contributed by atoms with E-state index in [-0.39, 0.29) is 0 Å². The van der Waals surface area contributed by atoms with Gasteiger partial charge in [-0.05, 0) is 90.0 Å². The van der Waals surface area contributed by atoms with Crippen LogP contribution in [-0.4, -0.2) is 21.6 Å². The molecule has 0 unspecified atom stereocenters. The zero-order valence-corrected chi connectivity index (χ0v) is 28.1. The molecule has 11 aromatic rings. The number of methoxy groups -OCH3 is 1. The third-order valence-corrected chi connectivity index (χ3v) is 10.3. The molecular weight excluding hydrogens is 631 g/mol. The highest BCUT2D eigenvalue weighted by atomic mass is 16.5. The molecule has 0 bridgehead atoms. The van der Waals surface area contributed by atoms with Gasteiger partial charge >= 0.3 is 0 Å². The molecule has 0 amide bonds. The molecule has 11 rings (SSSR count). The molecule has 7 aromatic carbocycles. The molecule has 0 N–H and O–H groups in total. The van der Waals surface area contributed by atoms with Crippen molar-refractivity contribution < 1.29 is 13.6 Å². The highest BCUT2D eigenvalue weighted by Gasteiger charge is 2.24. The third kappa shape index (κ3) is 3.98. The van der Waals surface area contributed by atoms with Gasteiger partial charge in [-0.2, -0.15) is 0 Å². The van der Waals surface area contributed by atoms with Gasteiger partial charge < -0.3 is 13.6 Å². The first-order valence-corrected chi connectivity index (χ1v) is 17.1. The lowest BCUT2D eigenvalue weighted by Gasteiger charge is -2.11. The second-order valence-corrected chi connectivity index (χ2v) is 13.5. The summed E-state index contributed by atoms with van der Waals surface area (Å²) in [7, 11) is 1.70. The quantitative estimate of drug-likeness (QED) is 0.189. The van der Waals surface area contributed by atoms with Crippen molar-refractivity contribution in [2.75, 3.05) is 7.11 Å². The first kappa shape index (κ1) is 28.2. The lowest BCUT2D eigenvalue weighted by Crippen LogP contribution is -2.03. The maximum absolute atomic E-state index is 6.68. The number of hydrogen-bond acceptors (Lipinski definition) is 5. The Labute approximate surface area is 291 Å². The SMILES string of the molecule is COc1ccc2c(c1)c1cc3oc4ccc5ccccc5c4c3cc1n2-c1nc(-c2cc(C)cc(C)c2)c2oc3ccc4ccccc4c3c2n1. The van der Waals surface area contributed by atoms with Crippen molar-refractivity contribution in [1.29, 1.82) is 0 Å². The molecule has 0 spiro atoms. The average Bonchev–Trinajstić information content (AvgIpc) is 3.82. The Morgan fingerprint density at radius 2 is 1.24 bits per heavy atom. The molecule has 0 aliphatic carbocycles. The van der Waals surface area contributed by atoms with Gasteiger partial charge in [-0.3, -0.25) is 4.57 Å². The van der Waals surface area contributed by atoms with Crippen LogP contribution in [0.15, 0.2) is 130 Å². The van der Waals surface area contributed by atoms with Crippen LogP contribution < -0.4 is 4.74 Å². The molecule has 0 radical (unpaired) electrons. The summed E-state index contributed by atoms with van der Waals surface area (Å²) in [5.74, 6) is 1.34. The number of benzene rings is 7. The number of aromatic nitrogens is 3. The van der Waals surface area contributed by atoms with Crippen molar-refractivity contribution in [3.05, 3.63) is 132 Å². The van der Waals surface area contributed by atoms with Crippen molar-refractivity contribution in [3.63, 3.8) is 0 Å². The fourth-order valence-corrected chi connectivity index (χ4v) is 8.18. The van der Waals surface area contributed by atoms with E-state index in [1.807, 2.05) is 12.1 Å². The summed E-state index contributed by atoms with van der Waals surface area (Å²) in [6.07, 6.45) is 0. The fourth-order valence-electron chi connectivity index (χ4n) is 8.18. The van der Waals surface area contributed by atoms with Crippen LogP contribution in [0, 0.1) is 13.8 Å². The van der Waals surface area contributed by atoms with Crippen LogP contribution in [0.3, 0.4) is 0 Å². The van der Waals surface area contributed by atoms with Crippen LogP contribution in [0.4, 0.5) is 0 Å². The lowest BCUT2D eigenvalue weighted by atomic mass is 10.0. The summed E-state index contributed by atoms with van der Waals surface area (Å²) < 4.78 is 21.1. The first-order valence-electron chi connectivity index (χ1n) is 17.1. The van der Waals surface area contributed by atoms with E-state index in [1.54, 1.807) is 7.11 Å². The van der Waals surface area contributed by atoms with Crippen molar-refractivity contribution in [2.45, 2.75) is 13.8 Å². The number of hydrogen-bond donors (Lipinski definition) is 0. The summed E-state index contributed by atoms with van der Waals surface area (Å²) in [4.78, 5) is 10.8. The second kappa shape index (κ2) is 10.2. The molecule has 0 aliphatic rings. The normalized spacial score (nSPS) is 12.2. The number of aryl methyl sites for hydroxylation is 2. The fraction of sp³-hybridized carbons (Fsp3) is 0.0667. The van der Waals surface area contributed by atoms with Gasteiger partial charge in [-0.25, -0.2) is 9.97 Å². The van der Waals surface area contributed by atoms with Crippen LogP contribution >= 0.6 is 0 Å². The highest BCUT2D eigenvalue weighted by molar-refractivity contribution is 6.23. The van der Waals surface area contributed by atoms with Gasteiger partial charge in [0, 0.05) is 27.1 Å². The van der Waals surface area contributed by atoms with Crippen molar-refractivity contribution >= 4 is 87.4 Å². The van der Waals surface area contributed by atoms with E-state index in [1.165, 1.54) is 5.39 Å². The number of nitrogens with zero attached hydrogens (tertiary/aromatic N) is 3. The van der Waals surface area contributed by atoms with Crippen LogP contribution in [-0.2, 0) is 0 Å². The van der Waals surface area contributed by atoms with Crippen molar-refractivity contribution in [3.8, 4) is 23.0 Å². The zero-order valence-electron chi connectivity index (χ0n) is 28.1. The topological polar surface area (TPSA) is 66.2 Å². The molecule has 0 saturated heterocycles. The minimum atomic E-state index is 0.564. The average molecular weight is 660 g/mol. The van der Waals surface area contributed by atoms with Crippen LogP contribution in [0.1, 0.15) is 11.1 Å². The number of fused-ring (bicyclic) bond motifs is 13. The minimum Gasteiger partial charge on any atom is -0.497 e. The van der Waals surface area contributed by atoms with Crippen LogP contribution in [0.2, 0.25) is 0 Å². The molecule has 242 valence electrons. The number of rotatable bonds is 3. The Balaban J connectivity index is 1.32. The summed E-state index contributed by atoms with van der Waals surface area (Å²) in [6.45, 7) is 4.24. The largest absolute Gasteiger partial charge is 0.497 e. The van der Waals surface area contributed by atoms with Gasteiger partial charge in [0.1, 0.15) is 33.7 Å². The Morgan fingerprint density at radius 3 is 1.98 bits per heavy atom. The summed E-state index contributed by atoms with van der Waals surface area (Å²) in [5, 5.41) is 9.72. The van der Waals surface area contributed by atoms with Gasteiger partial charge in [0.2, 0.25) is 5.95 Å². The summed E-state index contributed by atoms with van der Waals surface area (Å²) in [6, 6.07) is 42.3. The molecule has 4 heterocycles. The molecule has 0 atom stereocenters. The first-order chi connectivity index (χ1) is 25.0. The van der Waals surface area contributed by atoms with E-state index in [9.17, 15) is 0 Å². The molecule has 6 nitrogen and oxygen atoms in total. The van der Waals surface area contributed by atoms with Crippen molar-refractivity contribution in [2.24, 2.45) is 0 Å². The van der Waals surface area contributed by atoms with Gasteiger partial charge in [-0.1, -0.05) is 77.9 Å². The third-order valence-electron chi connectivity index (χ3n) is 10.3. The standard InChI is InChI=1S/C45H29N3O3/c1-24-18-25(2)20-28(19-24)42-44-43(41-31-11-7-5-9-27(31)13-17-38(41)51-44)47-45(46-42)48-35-15-14-29(49-3)21-32(35)33-23-39-34(22-36(33)48)40-30-10-6-4-8-26(30)12-16-37(40)50-39/h4-23H,1-3H3. The number of ether oxygens (including phenoxy) is 1. The Bertz CT molecular complexity index is 3250. The Kier molecular flexibility index (Phi) is 5.63. The number of furan rings is 2. The second-order valence-electron chi connectivity index (χ2n) is 13.5. The van der Waals surface area contributed by atoms with E-state index in [2.05, 4.69) is 128 Å². The monoisotopic (exact) mass is 659 g/mol. The smallest absolute Gasteiger partial charge is 0.236 e. The predicted molar refractivity (Wildman–Crippen MR) is 207 cm³/mol. The van der Waals surface area contributed by atoms with E-state index in [0.29, 0.717) is 11.5 Å². The van der Waals surface area contributed by atoms with E-state index < -0.39 is 0 Å². The van der Waals surface area contributed by atoms with E-state index in [0.717, 1.165) is 105 Å². The maximum atomic E-state index is 6.68. The molecule has 0 aliphatic heterocycles. The Morgan fingerprint density at radius 1 is 0.549 bits per heavy atom. The predicted octanol–water partition coefficient (Wildman–Crippen LogP) is 12.0. The van der Waals surface area contributed by atoms with Gasteiger partial charge in [-0.15, -0.1) is 0 Å². The molecule has 6 heteroatoms. The van der Waals surface area contributed by atoms with E-state index >= 15 is 0 Å². The van der Waals surface area contributed by atoms with Crippen LogP contribution in [0.5, 0.6) is 5.75 Å². The van der Waals surface area contributed by atoms with E-state index in [4.69, 9.17) is 23.5 Å². The summed E-state index contributed by atoms with van der Waals surface area (Å²) >= 11 is 0. The highest BCUT2D eigenvalue weighted by Crippen LogP contribution is 2.43. The summed E-state index contributed by atoms with van der Waals surface area (Å²) in [5.41, 5.74) is 9.93. The zero-order chi connectivity index (χ0) is 34.0. The molecule has 4 aromatic heterocycles. The Hall–Kier alpha value is -6.66. The van der Waals surface area contributed by atoms with Crippen molar-refractivity contribution in [1.82, 2.24) is 14.5 Å². The van der Waals surface area contributed by atoms with Gasteiger partial charge in [0.15, 0.2) is 5.58 Å². The molecule has 51 heavy (non-hydrogen) atoms. The van der Waals surface area contributed by atoms with Gasteiger partial charge in [0.05, 0.1) is 23.5 Å². The van der Waals surface area contributed by atoms with Gasteiger partial charge in [0.25, 0.3) is 0 Å². The minimum absolute atomic E-state index is 0.564.